The van der Waals surface area contributed by atoms with Gasteiger partial charge in [0.05, 0.1) is 0 Å². The molecule has 11 heavy (non-hydrogen) atoms. The number of rotatable bonds is 0. The molecule has 0 N–H and O–H groups in total. The fraction of sp³-hybridized carbons (Fsp3) is 0.700. The maximum absolute atomic E-state index is 11.6. The van der Waals surface area contributed by atoms with Gasteiger partial charge in [0.1, 0.15) is 5.78 Å². The number of fused-ring (bicyclic) bond motifs is 1. The highest BCUT2D eigenvalue weighted by Gasteiger charge is 2.53. The van der Waals surface area contributed by atoms with Gasteiger partial charge >= 0.3 is 0 Å². The molecule has 2 saturated carbocycles. The second-order valence-corrected chi connectivity index (χ2v) is 4.53. The van der Waals surface area contributed by atoms with E-state index in [-0.39, 0.29) is 5.41 Å². The minimum atomic E-state index is -0.0607. The van der Waals surface area contributed by atoms with E-state index in [1.165, 1.54) is 5.57 Å². The maximum atomic E-state index is 11.6. The molecule has 0 saturated heterocycles. The lowest BCUT2D eigenvalue weighted by Gasteiger charge is -2.31. The summed E-state index contributed by atoms with van der Waals surface area (Å²) in [5.41, 5.74) is 1.24. The summed E-state index contributed by atoms with van der Waals surface area (Å²) >= 11 is 0. The zero-order chi connectivity index (χ0) is 8.22. The molecule has 2 atom stereocenters. The van der Waals surface area contributed by atoms with Gasteiger partial charge in [0.25, 0.3) is 0 Å². The van der Waals surface area contributed by atoms with Crippen LogP contribution in [0.2, 0.25) is 0 Å². The Hall–Kier alpha value is -0.590. The van der Waals surface area contributed by atoms with Crippen molar-refractivity contribution in [3.05, 3.63) is 12.2 Å². The Kier molecular flexibility index (Phi) is 1.14. The van der Waals surface area contributed by atoms with Crippen molar-refractivity contribution in [1.29, 1.82) is 0 Å². The first-order valence-electron chi connectivity index (χ1n) is 4.24. The summed E-state index contributed by atoms with van der Waals surface area (Å²) in [4.78, 5) is 11.6. The standard InChI is InChI=1S/C10H14O/c1-6-4-7-8(6)5-10(2,3)9(7)11/h7-8H,1,4-5H2,2-3H3. The fourth-order valence-electron chi connectivity index (χ4n) is 2.41. The van der Waals surface area contributed by atoms with Crippen molar-refractivity contribution in [2.24, 2.45) is 17.3 Å². The molecule has 0 aromatic heterocycles. The largest absolute Gasteiger partial charge is 0.299 e. The average molecular weight is 150 g/mol. The van der Waals surface area contributed by atoms with Crippen molar-refractivity contribution in [2.75, 3.05) is 0 Å². The van der Waals surface area contributed by atoms with E-state index >= 15 is 0 Å². The van der Waals surface area contributed by atoms with Crippen LogP contribution in [0.4, 0.5) is 0 Å². The van der Waals surface area contributed by atoms with Crippen LogP contribution in [0.25, 0.3) is 0 Å². The molecular weight excluding hydrogens is 136 g/mol. The molecule has 60 valence electrons. The second kappa shape index (κ2) is 1.77. The Morgan fingerprint density at radius 2 is 2.09 bits per heavy atom. The van der Waals surface area contributed by atoms with Crippen LogP contribution in [-0.4, -0.2) is 5.78 Å². The molecule has 2 fully saturated rings. The summed E-state index contributed by atoms with van der Waals surface area (Å²) in [6, 6.07) is 0. The molecule has 0 amide bonds. The van der Waals surface area contributed by atoms with Crippen LogP contribution >= 0.6 is 0 Å². The van der Waals surface area contributed by atoms with Crippen LogP contribution < -0.4 is 0 Å². The van der Waals surface area contributed by atoms with E-state index in [1.807, 2.05) is 0 Å². The van der Waals surface area contributed by atoms with Crippen molar-refractivity contribution in [3.8, 4) is 0 Å². The van der Waals surface area contributed by atoms with Crippen molar-refractivity contribution < 1.29 is 4.79 Å². The van der Waals surface area contributed by atoms with E-state index in [0.29, 0.717) is 17.6 Å². The highest BCUT2D eigenvalue weighted by molar-refractivity contribution is 5.91. The first-order chi connectivity index (χ1) is 5.02. The van der Waals surface area contributed by atoms with Crippen molar-refractivity contribution in [1.82, 2.24) is 0 Å². The van der Waals surface area contributed by atoms with Crippen molar-refractivity contribution >= 4 is 5.78 Å². The summed E-state index contributed by atoms with van der Waals surface area (Å²) < 4.78 is 0. The predicted molar refractivity (Wildman–Crippen MR) is 44.1 cm³/mol. The number of carbonyl (C=O) groups is 1. The SMILES string of the molecule is C=C1CC2C(=O)C(C)(C)CC12. The van der Waals surface area contributed by atoms with Crippen LogP contribution in [0.3, 0.4) is 0 Å². The van der Waals surface area contributed by atoms with Gasteiger partial charge in [-0.2, -0.15) is 0 Å². The average Bonchev–Trinajstić information content (AvgIpc) is 2.09. The number of ketones is 1. The van der Waals surface area contributed by atoms with Gasteiger partial charge in [-0.25, -0.2) is 0 Å². The fourth-order valence-corrected chi connectivity index (χ4v) is 2.41. The number of Topliss-reactive ketones (excluding diaryl/α,β-unsaturated/α-hetero) is 1. The summed E-state index contributed by atoms with van der Waals surface area (Å²) in [5, 5.41) is 0. The van der Waals surface area contributed by atoms with Gasteiger partial charge in [0.15, 0.2) is 0 Å². The lowest BCUT2D eigenvalue weighted by Crippen LogP contribution is -2.29. The van der Waals surface area contributed by atoms with E-state index in [9.17, 15) is 4.79 Å². The van der Waals surface area contributed by atoms with E-state index in [2.05, 4.69) is 20.4 Å². The Bertz CT molecular complexity index is 237. The summed E-state index contributed by atoms with van der Waals surface area (Å²) in [6.07, 6.45) is 2.00. The van der Waals surface area contributed by atoms with Crippen LogP contribution in [0, 0.1) is 17.3 Å². The van der Waals surface area contributed by atoms with Crippen molar-refractivity contribution in [3.63, 3.8) is 0 Å². The third-order valence-electron chi connectivity index (χ3n) is 3.23. The summed E-state index contributed by atoms with van der Waals surface area (Å²) in [6.45, 7) is 8.06. The molecule has 0 aromatic carbocycles. The minimum Gasteiger partial charge on any atom is -0.299 e. The monoisotopic (exact) mass is 150 g/mol. The van der Waals surface area contributed by atoms with Gasteiger partial charge in [-0.15, -0.1) is 0 Å². The Morgan fingerprint density at radius 1 is 1.45 bits per heavy atom. The number of hydrogen-bond acceptors (Lipinski definition) is 1. The zero-order valence-electron chi connectivity index (χ0n) is 7.18. The Morgan fingerprint density at radius 3 is 2.45 bits per heavy atom. The van der Waals surface area contributed by atoms with Crippen LogP contribution in [0.15, 0.2) is 12.2 Å². The molecule has 0 bridgehead atoms. The highest BCUT2D eigenvalue weighted by Crippen LogP contribution is 2.54. The summed E-state index contributed by atoms with van der Waals surface area (Å²) in [7, 11) is 0. The molecule has 2 rings (SSSR count). The van der Waals surface area contributed by atoms with Crippen molar-refractivity contribution in [2.45, 2.75) is 26.7 Å². The second-order valence-electron chi connectivity index (χ2n) is 4.53. The van der Waals surface area contributed by atoms with Gasteiger partial charge in [-0.3, -0.25) is 4.79 Å². The van der Waals surface area contributed by atoms with Gasteiger partial charge in [0, 0.05) is 11.3 Å². The molecule has 1 heteroatoms. The topological polar surface area (TPSA) is 17.1 Å². The van der Waals surface area contributed by atoms with Crippen LogP contribution in [0.5, 0.6) is 0 Å². The van der Waals surface area contributed by atoms with Gasteiger partial charge < -0.3 is 0 Å². The molecular formula is C10H14O. The Balaban J connectivity index is 2.27. The number of carbonyl (C=O) groups excluding carboxylic acids is 1. The van der Waals surface area contributed by atoms with E-state index in [0.717, 1.165) is 12.8 Å². The molecule has 2 aliphatic rings. The van der Waals surface area contributed by atoms with E-state index < -0.39 is 0 Å². The summed E-state index contributed by atoms with van der Waals surface area (Å²) in [5.74, 6) is 1.35. The molecule has 0 aliphatic heterocycles. The lowest BCUT2D eigenvalue weighted by atomic mass is 9.72. The first-order valence-corrected chi connectivity index (χ1v) is 4.24. The number of allylic oxidation sites excluding steroid dienone is 1. The third kappa shape index (κ3) is 0.741. The molecule has 0 heterocycles. The molecule has 2 unspecified atom stereocenters. The third-order valence-corrected chi connectivity index (χ3v) is 3.23. The van der Waals surface area contributed by atoms with Gasteiger partial charge in [-0.05, 0) is 18.8 Å². The van der Waals surface area contributed by atoms with Crippen LogP contribution in [0.1, 0.15) is 26.7 Å². The smallest absolute Gasteiger partial charge is 0.142 e. The van der Waals surface area contributed by atoms with E-state index in [4.69, 9.17) is 0 Å². The molecule has 1 nitrogen and oxygen atoms in total. The first kappa shape index (κ1) is 7.08. The molecule has 2 aliphatic carbocycles. The predicted octanol–water partition coefficient (Wildman–Crippen LogP) is 2.18. The zero-order valence-corrected chi connectivity index (χ0v) is 7.18. The maximum Gasteiger partial charge on any atom is 0.142 e. The molecule has 0 radical (unpaired) electrons. The number of hydrogen-bond donors (Lipinski definition) is 0. The quantitative estimate of drug-likeness (QED) is 0.484. The Labute approximate surface area is 67.5 Å². The van der Waals surface area contributed by atoms with E-state index in [1.54, 1.807) is 0 Å². The molecule has 0 spiro atoms. The highest BCUT2D eigenvalue weighted by atomic mass is 16.1. The normalized spacial score (nSPS) is 40.2. The lowest BCUT2D eigenvalue weighted by molar-refractivity contribution is -0.128. The minimum absolute atomic E-state index is 0.0607. The molecule has 0 aromatic rings. The van der Waals surface area contributed by atoms with Crippen LogP contribution in [-0.2, 0) is 4.79 Å². The van der Waals surface area contributed by atoms with Gasteiger partial charge in [0.2, 0.25) is 0 Å². The van der Waals surface area contributed by atoms with Gasteiger partial charge in [-0.1, -0.05) is 26.0 Å².